The lowest BCUT2D eigenvalue weighted by atomic mass is 9.83. The molecule has 0 radical (unpaired) electrons. The monoisotopic (exact) mass is 316 g/mol. The summed E-state index contributed by atoms with van der Waals surface area (Å²) < 4.78 is 5.84. The second-order valence-electron chi connectivity index (χ2n) is 6.82. The number of nitrogens with one attached hydrogen (secondary N) is 1. The van der Waals surface area contributed by atoms with Crippen molar-refractivity contribution in [3.05, 3.63) is 35.4 Å². The number of rotatable bonds is 5. The van der Waals surface area contributed by atoms with Crippen molar-refractivity contribution in [2.45, 2.75) is 57.1 Å². The molecular formula is C19H28N2O2. The highest BCUT2D eigenvalue weighted by Crippen LogP contribution is 2.30. The van der Waals surface area contributed by atoms with E-state index in [1.54, 1.807) is 0 Å². The van der Waals surface area contributed by atoms with Crippen molar-refractivity contribution in [1.82, 2.24) is 5.32 Å². The molecule has 4 heteroatoms. The van der Waals surface area contributed by atoms with Gasteiger partial charge in [0.15, 0.2) is 0 Å². The highest BCUT2D eigenvalue weighted by atomic mass is 16.5. The van der Waals surface area contributed by atoms with Crippen molar-refractivity contribution in [3.63, 3.8) is 0 Å². The van der Waals surface area contributed by atoms with Gasteiger partial charge >= 0.3 is 0 Å². The van der Waals surface area contributed by atoms with E-state index >= 15 is 0 Å². The van der Waals surface area contributed by atoms with Gasteiger partial charge in [0.05, 0.1) is 19.1 Å². The second-order valence-corrected chi connectivity index (χ2v) is 6.82. The van der Waals surface area contributed by atoms with Gasteiger partial charge in [-0.2, -0.15) is 0 Å². The molecule has 3 N–H and O–H groups in total. The van der Waals surface area contributed by atoms with Crippen molar-refractivity contribution < 1.29 is 9.53 Å². The summed E-state index contributed by atoms with van der Waals surface area (Å²) in [5, 5.41) is 3.17. The topological polar surface area (TPSA) is 64.3 Å². The predicted octanol–water partition coefficient (Wildman–Crippen LogP) is 2.71. The van der Waals surface area contributed by atoms with Crippen molar-refractivity contribution in [1.29, 1.82) is 0 Å². The van der Waals surface area contributed by atoms with Crippen LogP contribution in [0.1, 0.15) is 55.8 Å². The molecule has 1 saturated carbocycles. The molecule has 1 aromatic carbocycles. The maximum Gasteiger partial charge on any atom is 0.223 e. The molecule has 1 aliphatic heterocycles. The number of hydrogen-bond acceptors (Lipinski definition) is 3. The van der Waals surface area contributed by atoms with Crippen molar-refractivity contribution in [3.8, 4) is 0 Å². The molecule has 1 fully saturated rings. The van der Waals surface area contributed by atoms with Crippen LogP contribution in [-0.4, -0.2) is 25.1 Å². The molecule has 1 aromatic rings. The SMILES string of the molecule is NCC(NC(=O)CC1OCCc2ccccc21)C1CCCCC1. The molecule has 1 aliphatic carbocycles. The predicted molar refractivity (Wildman–Crippen MR) is 91.0 cm³/mol. The summed E-state index contributed by atoms with van der Waals surface area (Å²) in [5.74, 6) is 0.602. The molecule has 1 heterocycles. The maximum atomic E-state index is 12.5. The van der Waals surface area contributed by atoms with Crippen LogP contribution < -0.4 is 11.1 Å². The Morgan fingerprint density at radius 2 is 2.04 bits per heavy atom. The minimum Gasteiger partial charge on any atom is -0.373 e. The van der Waals surface area contributed by atoms with Crippen LogP contribution in [0.2, 0.25) is 0 Å². The molecule has 2 aliphatic rings. The molecule has 4 nitrogen and oxygen atoms in total. The van der Waals surface area contributed by atoms with Crippen molar-refractivity contribution in [2.75, 3.05) is 13.2 Å². The van der Waals surface area contributed by atoms with Gasteiger partial charge in [-0.3, -0.25) is 4.79 Å². The van der Waals surface area contributed by atoms with E-state index in [0.717, 1.165) is 12.0 Å². The third kappa shape index (κ3) is 4.12. The largest absolute Gasteiger partial charge is 0.373 e. The first-order valence-corrected chi connectivity index (χ1v) is 8.96. The molecule has 23 heavy (non-hydrogen) atoms. The summed E-state index contributed by atoms with van der Waals surface area (Å²) in [6.45, 7) is 1.22. The van der Waals surface area contributed by atoms with E-state index in [0.29, 0.717) is 25.5 Å². The maximum absolute atomic E-state index is 12.5. The summed E-state index contributed by atoms with van der Waals surface area (Å²) in [5.41, 5.74) is 8.38. The number of nitrogens with two attached hydrogens (primary N) is 1. The van der Waals surface area contributed by atoms with Crippen LogP contribution in [0.25, 0.3) is 0 Å². The zero-order valence-electron chi connectivity index (χ0n) is 13.8. The minimum absolute atomic E-state index is 0.0627. The zero-order valence-corrected chi connectivity index (χ0v) is 13.8. The van der Waals surface area contributed by atoms with E-state index in [2.05, 4.69) is 23.5 Å². The van der Waals surface area contributed by atoms with Crippen LogP contribution >= 0.6 is 0 Å². The Hall–Kier alpha value is -1.39. The first kappa shape index (κ1) is 16.5. The van der Waals surface area contributed by atoms with Crippen LogP contribution in [-0.2, 0) is 16.0 Å². The number of ether oxygens (including phenoxy) is 1. The Morgan fingerprint density at radius 3 is 2.83 bits per heavy atom. The molecular weight excluding hydrogens is 288 g/mol. The first-order chi connectivity index (χ1) is 11.3. The molecule has 1 amide bonds. The number of fused-ring (bicyclic) bond motifs is 1. The molecule has 2 atom stereocenters. The summed E-state index contributed by atoms with van der Waals surface area (Å²) in [6.07, 6.45) is 7.41. The lowest BCUT2D eigenvalue weighted by Gasteiger charge is -2.31. The van der Waals surface area contributed by atoms with E-state index in [4.69, 9.17) is 10.5 Å². The quantitative estimate of drug-likeness (QED) is 0.878. The Bertz CT molecular complexity index is 526. The number of benzene rings is 1. The van der Waals surface area contributed by atoms with Gasteiger partial charge < -0.3 is 15.8 Å². The Balaban J connectivity index is 1.58. The lowest BCUT2D eigenvalue weighted by Crippen LogP contribution is -2.46. The minimum atomic E-state index is -0.121. The van der Waals surface area contributed by atoms with Crippen molar-refractivity contribution in [2.24, 2.45) is 11.7 Å². The molecule has 3 rings (SSSR count). The standard InChI is InChI=1S/C19H28N2O2/c20-13-17(15-7-2-1-3-8-15)21-19(22)12-18-16-9-5-4-6-14(16)10-11-23-18/h4-6,9,15,17-18H,1-3,7-8,10-13,20H2,(H,21,22). The van der Waals surface area contributed by atoms with E-state index in [1.165, 1.54) is 37.7 Å². The van der Waals surface area contributed by atoms with Gasteiger partial charge in [0.2, 0.25) is 5.91 Å². The van der Waals surface area contributed by atoms with Gasteiger partial charge in [-0.05, 0) is 36.3 Å². The van der Waals surface area contributed by atoms with E-state index in [1.807, 2.05) is 6.07 Å². The van der Waals surface area contributed by atoms with Gasteiger partial charge in [0.25, 0.3) is 0 Å². The Kier molecular flexibility index (Phi) is 5.68. The van der Waals surface area contributed by atoms with Gasteiger partial charge in [-0.1, -0.05) is 43.5 Å². The number of carbonyl (C=O) groups is 1. The van der Waals surface area contributed by atoms with Crippen LogP contribution in [0.15, 0.2) is 24.3 Å². The summed E-state index contributed by atoms with van der Waals surface area (Å²) >= 11 is 0. The third-order valence-electron chi connectivity index (χ3n) is 5.28. The van der Waals surface area contributed by atoms with Gasteiger partial charge in [-0.25, -0.2) is 0 Å². The fourth-order valence-electron chi connectivity index (χ4n) is 3.99. The molecule has 0 bridgehead atoms. The molecule has 126 valence electrons. The normalized spacial score (nSPS) is 23.1. The molecule has 2 unspecified atom stereocenters. The summed E-state index contributed by atoms with van der Waals surface area (Å²) in [6, 6.07) is 8.39. The van der Waals surface area contributed by atoms with E-state index in [9.17, 15) is 4.79 Å². The van der Waals surface area contributed by atoms with Crippen molar-refractivity contribution >= 4 is 5.91 Å². The van der Waals surface area contributed by atoms with Gasteiger partial charge in [0, 0.05) is 12.6 Å². The van der Waals surface area contributed by atoms with Crippen LogP contribution in [0.5, 0.6) is 0 Å². The van der Waals surface area contributed by atoms with Gasteiger partial charge in [0.1, 0.15) is 0 Å². The second kappa shape index (κ2) is 7.93. The highest BCUT2D eigenvalue weighted by Gasteiger charge is 2.27. The zero-order chi connectivity index (χ0) is 16.1. The van der Waals surface area contributed by atoms with E-state index < -0.39 is 0 Å². The highest BCUT2D eigenvalue weighted by molar-refractivity contribution is 5.77. The van der Waals surface area contributed by atoms with E-state index in [-0.39, 0.29) is 18.1 Å². The summed E-state index contributed by atoms with van der Waals surface area (Å²) in [4.78, 5) is 12.5. The first-order valence-electron chi connectivity index (χ1n) is 8.96. The average Bonchev–Trinajstić information content (AvgIpc) is 2.61. The number of carbonyl (C=O) groups excluding carboxylic acids is 1. The third-order valence-corrected chi connectivity index (χ3v) is 5.28. The lowest BCUT2D eigenvalue weighted by molar-refractivity contribution is -0.125. The fourth-order valence-corrected chi connectivity index (χ4v) is 3.99. The molecule has 0 saturated heterocycles. The van der Waals surface area contributed by atoms with Gasteiger partial charge in [-0.15, -0.1) is 0 Å². The smallest absolute Gasteiger partial charge is 0.223 e. The van der Waals surface area contributed by atoms with Crippen LogP contribution in [0, 0.1) is 5.92 Å². The number of hydrogen-bond donors (Lipinski definition) is 2. The molecule has 0 spiro atoms. The van der Waals surface area contributed by atoms with Crippen LogP contribution in [0.4, 0.5) is 0 Å². The fraction of sp³-hybridized carbons (Fsp3) is 0.632. The number of amides is 1. The average molecular weight is 316 g/mol. The Morgan fingerprint density at radius 1 is 1.26 bits per heavy atom. The van der Waals surface area contributed by atoms with Crippen LogP contribution in [0.3, 0.4) is 0 Å². The Labute approximate surface area is 138 Å². The molecule has 0 aromatic heterocycles. The summed E-state index contributed by atoms with van der Waals surface area (Å²) in [7, 11) is 0.